The lowest BCUT2D eigenvalue weighted by atomic mass is 10.1. The minimum absolute atomic E-state index is 0.0666. The van der Waals surface area contributed by atoms with Gasteiger partial charge in [-0.05, 0) is 11.6 Å². The van der Waals surface area contributed by atoms with E-state index < -0.39 is 5.97 Å². The van der Waals surface area contributed by atoms with Crippen molar-refractivity contribution in [1.82, 2.24) is 4.90 Å². The fourth-order valence-corrected chi connectivity index (χ4v) is 1.89. The molecule has 0 unspecified atom stereocenters. The van der Waals surface area contributed by atoms with Gasteiger partial charge in [-0.3, -0.25) is 9.59 Å². The first-order valence-corrected chi connectivity index (χ1v) is 6.53. The molecule has 1 aromatic rings. The number of amides is 1. The smallest absolute Gasteiger partial charge is 0.305 e. The summed E-state index contributed by atoms with van der Waals surface area (Å²) < 4.78 is 0. The lowest BCUT2D eigenvalue weighted by Crippen LogP contribution is -2.35. The maximum absolute atomic E-state index is 12.1. The van der Waals surface area contributed by atoms with Crippen LogP contribution in [0.4, 0.5) is 0 Å². The van der Waals surface area contributed by atoms with E-state index in [4.69, 9.17) is 16.7 Å². The average Bonchev–Trinajstić information content (AvgIpc) is 2.35. The van der Waals surface area contributed by atoms with E-state index in [1.807, 2.05) is 18.2 Å². The third-order valence-corrected chi connectivity index (χ3v) is 3.09. The van der Waals surface area contributed by atoms with Crippen LogP contribution in [0.3, 0.4) is 0 Å². The minimum Gasteiger partial charge on any atom is -0.481 e. The van der Waals surface area contributed by atoms with Crippen LogP contribution in [0.25, 0.3) is 0 Å². The largest absolute Gasteiger partial charge is 0.481 e. The Hall–Kier alpha value is -1.55. The molecule has 0 heterocycles. The molecule has 0 aliphatic carbocycles. The molecule has 1 rings (SSSR count). The van der Waals surface area contributed by atoms with Gasteiger partial charge in [0.15, 0.2) is 0 Å². The molecule has 0 atom stereocenters. The summed E-state index contributed by atoms with van der Waals surface area (Å²) in [5.41, 5.74) is 0.823. The van der Waals surface area contributed by atoms with Crippen molar-refractivity contribution in [3.05, 3.63) is 34.9 Å². The molecule has 1 N–H and O–H groups in total. The standard InChI is InChI=1S/C14H18ClNO3/c1-10(2)14(19)16(8-7-13(17)18)9-11-5-3-4-6-12(11)15/h3-6,10H,7-9H2,1-2H3,(H,17,18). The number of carbonyl (C=O) groups excluding carboxylic acids is 1. The van der Waals surface area contributed by atoms with Crippen LogP contribution in [-0.2, 0) is 16.1 Å². The molecule has 1 aromatic carbocycles. The van der Waals surface area contributed by atoms with Crippen molar-refractivity contribution in [2.24, 2.45) is 5.92 Å². The SMILES string of the molecule is CC(C)C(=O)N(CCC(=O)O)Cc1ccccc1Cl. The Morgan fingerprint density at radius 1 is 1.32 bits per heavy atom. The maximum atomic E-state index is 12.1. The van der Waals surface area contributed by atoms with Crippen molar-refractivity contribution in [1.29, 1.82) is 0 Å². The van der Waals surface area contributed by atoms with Crippen molar-refractivity contribution in [2.75, 3.05) is 6.54 Å². The molecule has 0 bridgehead atoms. The van der Waals surface area contributed by atoms with E-state index in [1.54, 1.807) is 24.8 Å². The highest BCUT2D eigenvalue weighted by molar-refractivity contribution is 6.31. The highest BCUT2D eigenvalue weighted by atomic mass is 35.5. The van der Waals surface area contributed by atoms with Gasteiger partial charge in [-0.25, -0.2) is 0 Å². The van der Waals surface area contributed by atoms with E-state index in [2.05, 4.69) is 0 Å². The van der Waals surface area contributed by atoms with Gasteiger partial charge in [0.05, 0.1) is 6.42 Å². The molecule has 0 aromatic heterocycles. The monoisotopic (exact) mass is 283 g/mol. The van der Waals surface area contributed by atoms with Gasteiger partial charge >= 0.3 is 5.97 Å². The molecular formula is C14H18ClNO3. The van der Waals surface area contributed by atoms with Crippen LogP contribution in [-0.4, -0.2) is 28.4 Å². The summed E-state index contributed by atoms with van der Waals surface area (Å²) in [6.45, 7) is 4.12. The maximum Gasteiger partial charge on any atom is 0.305 e. The molecule has 1 amide bonds. The molecule has 4 nitrogen and oxygen atoms in total. The molecule has 104 valence electrons. The van der Waals surface area contributed by atoms with E-state index in [0.717, 1.165) is 5.56 Å². The summed E-state index contributed by atoms with van der Waals surface area (Å²) in [5, 5.41) is 9.32. The zero-order valence-electron chi connectivity index (χ0n) is 11.1. The van der Waals surface area contributed by atoms with Crippen LogP contribution in [0.2, 0.25) is 5.02 Å². The minimum atomic E-state index is -0.916. The van der Waals surface area contributed by atoms with Crippen LogP contribution in [0.1, 0.15) is 25.8 Å². The fraction of sp³-hybridized carbons (Fsp3) is 0.429. The van der Waals surface area contributed by atoms with Gasteiger partial charge in [-0.15, -0.1) is 0 Å². The molecule has 0 spiro atoms. The van der Waals surface area contributed by atoms with Crippen LogP contribution in [0.15, 0.2) is 24.3 Å². The fourth-order valence-electron chi connectivity index (χ4n) is 1.70. The van der Waals surface area contributed by atoms with Gasteiger partial charge in [0.2, 0.25) is 5.91 Å². The van der Waals surface area contributed by atoms with Gasteiger partial charge in [-0.1, -0.05) is 43.6 Å². The van der Waals surface area contributed by atoms with Gasteiger partial charge in [0.1, 0.15) is 0 Å². The molecule has 0 aliphatic heterocycles. The topological polar surface area (TPSA) is 57.6 Å². The van der Waals surface area contributed by atoms with Crippen LogP contribution in [0.5, 0.6) is 0 Å². The summed E-state index contributed by atoms with van der Waals surface area (Å²) in [6.07, 6.45) is -0.0666. The lowest BCUT2D eigenvalue weighted by molar-refractivity contribution is -0.139. The van der Waals surface area contributed by atoms with E-state index in [0.29, 0.717) is 11.6 Å². The Labute approximate surface area is 118 Å². The molecule has 5 heteroatoms. The normalized spacial score (nSPS) is 10.5. The number of aliphatic carboxylic acids is 1. The van der Waals surface area contributed by atoms with Crippen molar-refractivity contribution in [3.63, 3.8) is 0 Å². The molecule has 0 saturated carbocycles. The van der Waals surface area contributed by atoms with E-state index in [-0.39, 0.29) is 24.8 Å². The predicted molar refractivity (Wildman–Crippen MR) is 74.0 cm³/mol. The van der Waals surface area contributed by atoms with Gasteiger partial charge in [0, 0.05) is 24.0 Å². The van der Waals surface area contributed by atoms with Crippen molar-refractivity contribution in [3.8, 4) is 0 Å². The molecular weight excluding hydrogens is 266 g/mol. The number of carbonyl (C=O) groups is 2. The Bertz CT molecular complexity index is 460. The Morgan fingerprint density at radius 2 is 1.95 bits per heavy atom. The quantitative estimate of drug-likeness (QED) is 0.873. The second kappa shape index (κ2) is 7.14. The van der Waals surface area contributed by atoms with Crippen LogP contribution in [0, 0.1) is 5.92 Å². The number of halogens is 1. The molecule has 0 saturated heterocycles. The van der Waals surface area contributed by atoms with Gasteiger partial charge in [0.25, 0.3) is 0 Å². The third kappa shape index (κ3) is 4.91. The first-order chi connectivity index (χ1) is 8.91. The Balaban J connectivity index is 2.82. The molecule has 19 heavy (non-hydrogen) atoms. The van der Waals surface area contributed by atoms with E-state index >= 15 is 0 Å². The Kier molecular flexibility index (Phi) is 5.83. The highest BCUT2D eigenvalue weighted by Crippen LogP contribution is 2.18. The zero-order valence-corrected chi connectivity index (χ0v) is 11.9. The number of nitrogens with zero attached hydrogens (tertiary/aromatic N) is 1. The first-order valence-electron chi connectivity index (χ1n) is 6.15. The zero-order chi connectivity index (χ0) is 14.4. The van der Waals surface area contributed by atoms with Crippen LogP contribution >= 0.6 is 11.6 Å². The Morgan fingerprint density at radius 3 is 2.47 bits per heavy atom. The second-order valence-corrected chi connectivity index (χ2v) is 5.06. The molecule has 0 radical (unpaired) electrons. The predicted octanol–water partition coefficient (Wildman–Crippen LogP) is 2.80. The number of carboxylic acids is 1. The van der Waals surface area contributed by atoms with Crippen molar-refractivity contribution < 1.29 is 14.7 Å². The summed E-state index contributed by atoms with van der Waals surface area (Å²) in [7, 11) is 0. The number of benzene rings is 1. The average molecular weight is 284 g/mol. The number of carboxylic acid groups (broad SMARTS) is 1. The summed E-state index contributed by atoms with van der Waals surface area (Å²) in [4.78, 5) is 24.3. The number of hydrogen-bond acceptors (Lipinski definition) is 2. The van der Waals surface area contributed by atoms with E-state index in [1.165, 1.54) is 0 Å². The number of hydrogen-bond donors (Lipinski definition) is 1. The van der Waals surface area contributed by atoms with Gasteiger partial charge in [-0.2, -0.15) is 0 Å². The third-order valence-electron chi connectivity index (χ3n) is 2.72. The van der Waals surface area contributed by atoms with Gasteiger partial charge < -0.3 is 10.0 Å². The lowest BCUT2D eigenvalue weighted by Gasteiger charge is -2.24. The highest BCUT2D eigenvalue weighted by Gasteiger charge is 2.19. The summed E-state index contributed by atoms with van der Waals surface area (Å²) >= 11 is 6.06. The van der Waals surface area contributed by atoms with Crippen LogP contribution < -0.4 is 0 Å². The second-order valence-electron chi connectivity index (χ2n) is 4.65. The molecule has 0 fully saturated rings. The van der Waals surface area contributed by atoms with E-state index in [9.17, 15) is 9.59 Å². The first kappa shape index (κ1) is 15.5. The van der Waals surface area contributed by atoms with Crippen molar-refractivity contribution >= 4 is 23.5 Å². The molecule has 0 aliphatic rings. The van der Waals surface area contributed by atoms with Crippen molar-refractivity contribution in [2.45, 2.75) is 26.8 Å². The number of rotatable bonds is 6. The summed E-state index contributed by atoms with van der Waals surface area (Å²) in [5.74, 6) is -1.15. The summed E-state index contributed by atoms with van der Waals surface area (Å²) in [6, 6.07) is 7.25.